The highest BCUT2D eigenvalue weighted by Gasteiger charge is 2.47. The van der Waals surface area contributed by atoms with E-state index in [0.717, 1.165) is 0 Å². The fraction of sp³-hybridized carbons (Fsp3) is 0.333. The third kappa shape index (κ3) is 3.61. The van der Waals surface area contributed by atoms with Crippen LogP contribution >= 0.6 is 7.37 Å². The first kappa shape index (κ1) is 19.2. The molecule has 5 atom stereocenters. The molecule has 0 saturated carbocycles. The molecule has 1 fully saturated rings. The monoisotopic (exact) mass is 380 g/mol. The van der Waals surface area contributed by atoms with E-state index in [1.807, 2.05) is 0 Å². The molecule has 0 radical (unpaired) electrons. The average molecular weight is 380 g/mol. The van der Waals surface area contributed by atoms with Gasteiger partial charge in [0.1, 0.15) is 24.4 Å². The van der Waals surface area contributed by atoms with E-state index in [1.54, 1.807) is 60.7 Å². The molecule has 1 saturated heterocycles. The second-order valence-electron chi connectivity index (χ2n) is 6.03. The Hall–Kier alpha value is -1.57. The normalized spacial score (nSPS) is 29.5. The fourth-order valence-electron chi connectivity index (χ4n) is 2.82. The molecule has 2 aromatic carbocycles. The molecule has 0 aliphatic carbocycles. The van der Waals surface area contributed by atoms with Gasteiger partial charge in [-0.1, -0.05) is 36.4 Å². The molecule has 0 unspecified atom stereocenters. The van der Waals surface area contributed by atoms with Crippen molar-refractivity contribution in [1.29, 1.82) is 0 Å². The second kappa shape index (κ2) is 7.98. The highest BCUT2D eigenvalue weighted by molar-refractivity contribution is 7.74. The van der Waals surface area contributed by atoms with Crippen molar-refractivity contribution in [3.63, 3.8) is 0 Å². The number of aliphatic hydroxyl groups is 4. The van der Waals surface area contributed by atoms with Gasteiger partial charge < -0.3 is 25.2 Å². The van der Waals surface area contributed by atoms with Crippen LogP contribution in [0.15, 0.2) is 60.7 Å². The van der Waals surface area contributed by atoms with E-state index in [1.165, 1.54) is 0 Å². The maximum Gasteiger partial charge on any atom is 0.263 e. The number of hydrogen-bond acceptors (Lipinski definition) is 7. The van der Waals surface area contributed by atoms with Crippen LogP contribution in [0.5, 0.6) is 0 Å². The molecular formula is C18H21O7P. The van der Waals surface area contributed by atoms with Crippen LogP contribution in [-0.4, -0.2) is 57.7 Å². The molecule has 140 valence electrons. The summed E-state index contributed by atoms with van der Waals surface area (Å²) in [5.74, 6) is 0. The summed E-state index contributed by atoms with van der Waals surface area (Å²) in [6, 6.07) is 16.9. The molecule has 7 nitrogen and oxygen atoms in total. The molecular weight excluding hydrogens is 359 g/mol. The van der Waals surface area contributed by atoms with E-state index in [9.17, 15) is 25.0 Å². The Morgan fingerprint density at radius 1 is 0.846 bits per heavy atom. The zero-order valence-corrected chi connectivity index (χ0v) is 14.7. The summed E-state index contributed by atoms with van der Waals surface area (Å²) < 4.78 is 24.9. The summed E-state index contributed by atoms with van der Waals surface area (Å²) in [5.41, 5.74) is 0. The standard InChI is InChI=1S/C18H21O7P/c19-11-14-15(20)16(21)17(22)18(24-14)25-26(23,12-7-3-1-4-8-12)13-9-5-2-6-10-13/h1-10,14-22H,11H2/t14-,15-,16+,17-,18+/m1/s1. The maximum atomic E-state index is 13.8. The topological polar surface area (TPSA) is 116 Å². The molecule has 8 heteroatoms. The fourth-order valence-corrected chi connectivity index (χ4v) is 4.96. The molecule has 26 heavy (non-hydrogen) atoms. The van der Waals surface area contributed by atoms with Crippen molar-refractivity contribution in [1.82, 2.24) is 0 Å². The molecule has 2 aromatic rings. The predicted octanol–water partition coefficient (Wildman–Crippen LogP) is -0.268. The zero-order valence-electron chi connectivity index (χ0n) is 13.8. The lowest BCUT2D eigenvalue weighted by molar-refractivity contribution is -0.276. The van der Waals surface area contributed by atoms with Gasteiger partial charge in [0.2, 0.25) is 0 Å². The highest BCUT2D eigenvalue weighted by Crippen LogP contribution is 2.47. The largest absolute Gasteiger partial charge is 0.394 e. The third-order valence-corrected chi connectivity index (χ3v) is 6.75. The Kier molecular flexibility index (Phi) is 5.89. The minimum Gasteiger partial charge on any atom is -0.394 e. The Bertz CT molecular complexity index is 709. The van der Waals surface area contributed by atoms with E-state index >= 15 is 0 Å². The van der Waals surface area contributed by atoms with E-state index in [-0.39, 0.29) is 0 Å². The Balaban J connectivity index is 1.98. The number of aliphatic hydroxyl groups excluding tert-OH is 4. The Morgan fingerprint density at radius 2 is 1.35 bits per heavy atom. The van der Waals surface area contributed by atoms with Crippen molar-refractivity contribution in [2.24, 2.45) is 0 Å². The molecule has 0 amide bonds. The molecule has 1 aliphatic rings. The van der Waals surface area contributed by atoms with Crippen LogP contribution in [0.3, 0.4) is 0 Å². The minimum absolute atomic E-state index is 0.392. The number of hydrogen-bond donors (Lipinski definition) is 4. The minimum atomic E-state index is -3.67. The highest BCUT2D eigenvalue weighted by atomic mass is 31.2. The Labute approximate surface area is 150 Å². The lowest BCUT2D eigenvalue weighted by Crippen LogP contribution is -2.59. The summed E-state index contributed by atoms with van der Waals surface area (Å²) in [5, 5.41) is 40.1. The lowest BCUT2D eigenvalue weighted by Gasteiger charge is -2.40. The number of ether oxygens (including phenoxy) is 1. The van der Waals surface area contributed by atoms with Crippen molar-refractivity contribution in [2.45, 2.75) is 30.7 Å². The van der Waals surface area contributed by atoms with Gasteiger partial charge in [-0.15, -0.1) is 0 Å². The van der Waals surface area contributed by atoms with Gasteiger partial charge >= 0.3 is 0 Å². The van der Waals surface area contributed by atoms with Gasteiger partial charge in [0.25, 0.3) is 7.37 Å². The summed E-state index contributed by atoms with van der Waals surface area (Å²) in [4.78, 5) is 0. The first-order chi connectivity index (χ1) is 12.5. The zero-order chi connectivity index (χ0) is 18.7. The predicted molar refractivity (Wildman–Crippen MR) is 94.6 cm³/mol. The quantitative estimate of drug-likeness (QED) is 0.528. The van der Waals surface area contributed by atoms with E-state index in [0.29, 0.717) is 10.6 Å². The van der Waals surface area contributed by atoms with Gasteiger partial charge in [-0.2, -0.15) is 0 Å². The van der Waals surface area contributed by atoms with Crippen molar-refractivity contribution >= 4 is 18.0 Å². The molecule has 0 spiro atoms. The first-order valence-electron chi connectivity index (χ1n) is 8.17. The molecule has 1 heterocycles. The van der Waals surface area contributed by atoms with Crippen LogP contribution in [0.4, 0.5) is 0 Å². The van der Waals surface area contributed by atoms with E-state index in [2.05, 4.69) is 0 Å². The van der Waals surface area contributed by atoms with Crippen LogP contribution < -0.4 is 10.6 Å². The number of benzene rings is 2. The molecule has 0 bridgehead atoms. The number of rotatable bonds is 5. The summed E-state index contributed by atoms with van der Waals surface area (Å²) in [7, 11) is -3.67. The molecule has 3 rings (SSSR count). The van der Waals surface area contributed by atoms with Gasteiger partial charge in [-0.25, -0.2) is 0 Å². The molecule has 4 N–H and O–H groups in total. The van der Waals surface area contributed by atoms with Crippen molar-refractivity contribution in [2.75, 3.05) is 6.61 Å². The SMILES string of the molecule is O=P(O[C@@H]1O[C@H](CO)[C@@H](O)[C@H](O)[C@H]1O)(c1ccccc1)c1ccccc1. The van der Waals surface area contributed by atoms with Gasteiger partial charge in [0, 0.05) is 10.6 Å². The van der Waals surface area contributed by atoms with Crippen molar-refractivity contribution in [3.8, 4) is 0 Å². The smallest absolute Gasteiger partial charge is 0.263 e. The summed E-state index contributed by atoms with van der Waals surface area (Å²) >= 11 is 0. The third-order valence-electron chi connectivity index (χ3n) is 4.29. The maximum absolute atomic E-state index is 13.8. The van der Waals surface area contributed by atoms with Crippen LogP contribution in [0.25, 0.3) is 0 Å². The summed E-state index contributed by atoms with van der Waals surface area (Å²) in [6.45, 7) is -0.591. The molecule has 0 aromatic heterocycles. The van der Waals surface area contributed by atoms with Crippen molar-refractivity contribution < 1.29 is 34.3 Å². The van der Waals surface area contributed by atoms with Crippen LogP contribution in [0.1, 0.15) is 0 Å². The van der Waals surface area contributed by atoms with Gasteiger partial charge in [-0.05, 0) is 24.3 Å². The molecule has 1 aliphatic heterocycles. The van der Waals surface area contributed by atoms with E-state index < -0.39 is 44.7 Å². The van der Waals surface area contributed by atoms with Gasteiger partial charge in [0.05, 0.1) is 6.61 Å². The average Bonchev–Trinajstić information content (AvgIpc) is 2.69. The summed E-state index contributed by atoms with van der Waals surface area (Å²) in [6.07, 6.45) is -7.38. The first-order valence-corrected chi connectivity index (χ1v) is 9.80. The van der Waals surface area contributed by atoms with E-state index in [4.69, 9.17) is 9.26 Å². The Morgan fingerprint density at radius 3 is 1.81 bits per heavy atom. The van der Waals surface area contributed by atoms with Gasteiger partial charge in [0.15, 0.2) is 6.29 Å². The second-order valence-corrected chi connectivity index (χ2v) is 8.37. The van der Waals surface area contributed by atoms with Crippen LogP contribution in [-0.2, 0) is 13.8 Å². The van der Waals surface area contributed by atoms with Gasteiger partial charge in [-0.3, -0.25) is 9.09 Å². The lowest BCUT2D eigenvalue weighted by atomic mass is 10.00. The van der Waals surface area contributed by atoms with Crippen molar-refractivity contribution in [3.05, 3.63) is 60.7 Å². The van der Waals surface area contributed by atoms with Crippen LogP contribution in [0.2, 0.25) is 0 Å². The van der Waals surface area contributed by atoms with Crippen LogP contribution in [0, 0.1) is 0 Å².